The molecule has 2 rings (SSSR count). The fourth-order valence-corrected chi connectivity index (χ4v) is 4.56. The topological polar surface area (TPSA) is 37.4 Å². The summed E-state index contributed by atoms with van der Waals surface area (Å²) >= 11 is 0. The first-order valence-corrected chi connectivity index (χ1v) is 8.83. The van der Waals surface area contributed by atoms with Gasteiger partial charge >= 0.3 is 0 Å². The summed E-state index contributed by atoms with van der Waals surface area (Å²) < 4.78 is 27.1. The Bertz CT molecular complexity index is 555. The molecule has 0 radical (unpaired) electrons. The summed E-state index contributed by atoms with van der Waals surface area (Å²) in [6.07, 6.45) is 2.84. The Morgan fingerprint density at radius 3 is 2.30 bits per heavy atom. The van der Waals surface area contributed by atoms with Crippen LogP contribution in [-0.4, -0.2) is 25.3 Å². The second-order valence-electron chi connectivity index (χ2n) is 6.59. The minimum atomic E-state index is -3.33. The minimum absolute atomic E-state index is 0.0435. The third-order valence-corrected chi connectivity index (χ3v) is 6.09. The molecule has 1 fully saturated rings. The summed E-state index contributed by atoms with van der Waals surface area (Å²) in [4.78, 5) is 0.422. The molecule has 1 unspecified atom stereocenters. The second-order valence-corrected chi connectivity index (χ2v) is 8.48. The third-order valence-electron chi connectivity index (χ3n) is 4.12. The lowest BCUT2D eigenvalue weighted by atomic mass is 9.87. The predicted octanol–water partition coefficient (Wildman–Crippen LogP) is 3.55. The summed E-state index contributed by atoms with van der Waals surface area (Å²) in [5.41, 5.74) is 1.20. The first kappa shape index (κ1) is 15.5. The van der Waals surface area contributed by atoms with Gasteiger partial charge in [0.2, 0.25) is 10.0 Å². The molecule has 1 atom stereocenters. The van der Waals surface area contributed by atoms with Crippen LogP contribution in [0, 0.1) is 0 Å². The molecular weight excluding hydrogens is 270 g/mol. The van der Waals surface area contributed by atoms with Crippen LogP contribution >= 0.6 is 0 Å². The average Bonchev–Trinajstić information content (AvgIpc) is 2.87. The van der Waals surface area contributed by atoms with Crippen molar-refractivity contribution in [2.45, 2.75) is 63.3 Å². The molecular formula is C16H25NO2S. The number of hydrogen-bond acceptors (Lipinski definition) is 2. The largest absolute Gasteiger partial charge is 0.243 e. The lowest BCUT2D eigenvalue weighted by Crippen LogP contribution is -2.35. The van der Waals surface area contributed by atoms with Crippen molar-refractivity contribution in [3.8, 4) is 0 Å². The summed E-state index contributed by atoms with van der Waals surface area (Å²) in [6.45, 7) is 9.10. The van der Waals surface area contributed by atoms with Crippen molar-refractivity contribution in [3.63, 3.8) is 0 Å². The van der Waals surface area contributed by atoms with E-state index in [0.29, 0.717) is 11.4 Å². The molecule has 0 spiro atoms. The maximum atomic E-state index is 12.7. The molecule has 1 saturated heterocycles. The van der Waals surface area contributed by atoms with Crippen LogP contribution in [0.5, 0.6) is 0 Å². The smallest absolute Gasteiger partial charge is 0.207 e. The fraction of sp³-hybridized carbons (Fsp3) is 0.625. The van der Waals surface area contributed by atoms with Crippen LogP contribution in [0.4, 0.5) is 0 Å². The van der Waals surface area contributed by atoms with Crippen LogP contribution in [0.3, 0.4) is 0 Å². The van der Waals surface area contributed by atoms with E-state index in [0.717, 1.165) is 24.8 Å². The van der Waals surface area contributed by atoms with Crippen molar-refractivity contribution < 1.29 is 8.42 Å². The Balaban J connectivity index is 2.31. The SMILES string of the molecule is CCC1CCCN1S(=O)(=O)c1ccc(C(C)(C)C)cc1. The maximum absolute atomic E-state index is 12.7. The van der Waals surface area contributed by atoms with Crippen molar-refractivity contribution in [1.29, 1.82) is 0 Å². The summed E-state index contributed by atoms with van der Waals surface area (Å²) in [6, 6.07) is 7.54. The molecule has 1 aliphatic heterocycles. The van der Waals surface area contributed by atoms with E-state index in [1.54, 1.807) is 16.4 Å². The fourth-order valence-electron chi connectivity index (χ4n) is 2.80. The van der Waals surface area contributed by atoms with Crippen molar-refractivity contribution in [2.75, 3.05) is 6.54 Å². The van der Waals surface area contributed by atoms with Gasteiger partial charge in [-0.15, -0.1) is 0 Å². The maximum Gasteiger partial charge on any atom is 0.243 e. The van der Waals surface area contributed by atoms with E-state index in [2.05, 4.69) is 27.7 Å². The lowest BCUT2D eigenvalue weighted by Gasteiger charge is -2.24. The van der Waals surface area contributed by atoms with Gasteiger partial charge in [-0.3, -0.25) is 0 Å². The van der Waals surface area contributed by atoms with Crippen LogP contribution in [0.1, 0.15) is 52.5 Å². The number of hydrogen-bond donors (Lipinski definition) is 0. The molecule has 0 saturated carbocycles. The highest BCUT2D eigenvalue weighted by Gasteiger charge is 2.34. The van der Waals surface area contributed by atoms with Crippen molar-refractivity contribution in [2.24, 2.45) is 0 Å². The van der Waals surface area contributed by atoms with Gasteiger partial charge < -0.3 is 0 Å². The Morgan fingerprint density at radius 2 is 1.80 bits per heavy atom. The Hall–Kier alpha value is -0.870. The van der Waals surface area contributed by atoms with Crippen molar-refractivity contribution >= 4 is 10.0 Å². The second kappa shape index (κ2) is 5.49. The Kier molecular flexibility index (Phi) is 4.26. The van der Waals surface area contributed by atoms with Gasteiger partial charge in [0.1, 0.15) is 0 Å². The monoisotopic (exact) mass is 295 g/mol. The normalized spacial score (nSPS) is 21.3. The highest BCUT2D eigenvalue weighted by atomic mass is 32.2. The molecule has 1 aliphatic rings. The van der Waals surface area contributed by atoms with Crippen LogP contribution < -0.4 is 0 Å². The van der Waals surface area contributed by atoms with Gasteiger partial charge in [0.05, 0.1) is 4.90 Å². The molecule has 0 amide bonds. The van der Waals surface area contributed by atoms with Gasteiger partial charge in [0, 0.05) is 12.6 Å². The molecule has 0 N–H and O–H groups in total. The molecule has 112 valence electrons. The first-order chi connectivity index (χ1) is 9.26. The molecule has 0 aliphatic carbocycles. The van der Waals surface area contributed by atoms with E-state index in [-0.39, 0.29) is 11.5 Å². The summed E-state index contributed by atoms with van der Waals surface area (Å²) in [5.74, 6) is 0. The predicted molar refractivity (Wildman–Crippen MR) is 82.3 cm³/mol. The molecule has 1 heterocycles. The highest BCUT2D eigenvalue weighted by Crippen LogP contribution is 2.29. The van der Waals surface area contributed by atoms with Gasteiger partial charge in [0.15, 0.2) is 0 Å². The molecule has 3 nitrogen and oxygen atoms in total. The van der Waals surface area contributed by atoms with E-state index in [9.17, 15) is 8.42 Å². The molecule has 1 aromatic rings. The van der Waals surface area contributed by atoms with Crippen LogP contribution in [0.25, 0.3) is 0 Å². The summed E-state index contributed by atoms with van der Waals surface area (Å²) in [5, 5.41) is 0. The van der Waals surface area contributed by atoms with E-state index in [1.807, 2.05) is 12.1 Å². The Labute approximate surface area is 123 Å². The van der Waals surface area contributed by atoms with Crippen LogP contribution in [0.2, 0.25) is 0 Å². The van der Waals surface area contributed by atoms with Crippen molar-refractivity contribution in [1.82, 2.24) is 4.31 Å². The number of benzene rings is 1. The quantitative estimate of drug-likeness (QED) is 0.855. The third kappa shape index (κ3) is 2.91. The number of sulfonamides is 1. The average molecular weight is 295 g/mol. The molecule has 20 heavy (non-hydrogen) atoms. The lowest BCUT2D eigenvalue weighted by molar-refractivity contribution is 0.379. The van der Waals surface area contributed by atoms with E-state index in [4.69, 9.17) is 0 Å². The van der Waals surface area contributed by atoms with Gasteiger partial charge in [-0.05, 0) is 42.4 Å². The first-order valence-electron chi connectivity index (χ1n) is 7.39. The van der Waals surface area contributed by atoms with E-state index < -0.39 is 10.0 Å². The molecule has 0 bridgehead atoms. The summed E-state index contributed by atoms with van der Waals surface area (Å²) in [7, 11) is -3.33. The highest BCUT2D eigenvalue weighted by molar-refractivity contribution is 7.89. The number of nitrogens with zero attached hydrogens (tertiary/aromatic N) is 1. The van der Waals surface area contributed by atoms with Gasteiger partial charge in [0.25, 0.3) is 0 Å². The van der Waals surface area contributed by atoms with Gasteiger partial charge in [-0.1, -0.05) is 39.8 Å². The number of rotatable bonds is 3. The van der Waals surface area contributed by atoms with E-state index >= 15 is 0 Å². The van der Waals surface area contributed by atoms with Gasteiger partial charge in [-0.25, -0.2) is 8.42 Å². The van der Waals surface area contributed by atoms with Crippen LogP contribution in [-0.2, 0) is 15.4 Å². The van der Waals surface area contributed by atoms with Crippen molar-refractivity contribution in [3.05, 3.63) is 29.8 Å². The molecule has 1 aromatic carbocycles. The van der Waals surface area contributed by atoms with E-state index in [1.165, 1.54) is 0 Å². The zero-order valence-corrected chi connectivity index (χ0v) is 13.7. The standard InChI is InChI=1S/C16H25NO2S/c1-5-14-7-6-12-17(14)20(18,19)15-10-8-13(9-11-15)16(2,3)4/h8-11,14H,5-7,12H2,1-4H3. The molecule has 4 heteroatoms. The van der Waals surface area contributed by atoms with Crippen LogP contribution in [0.15, 0.2) is 29.2 Å². The Morgan fingerprint density at radius 1 is 1.20 bits per heavy atom. The zero-order chi connectivity index (χ0) is 15.0. The molecule has 0 aromatic heterocycles. The minimum Gasteiger partial charge on any atom is -0.207 e. The zero-order valence-electron chi connectivity index (χ0n) is 12.9. The van der Waals surface area contributed by atoms with Gasteiger partial charge in [-0.2, -0.15) is 4.31 Å².